The predicted molar refractivity (Wildman–Crippen MR) is 155 cm³/mol. The average Bonchev–Trinajstić information content (AvgIpc) is 3.33. The van der Waals surface area contributed by atoms with Crippen LogP contribution >= 0.6 is 11.6 Å². The number of nitrogens with one attached hydrogen (secondary N) is 1. The van der Waals surface area contributed by atoms with Gasteiger partial charge in [-0.25, -0.2) is 0 Å². The van der Waals surface area contributed by atoms with Gasteiger partial charge in [-0.05, 0) is 72.5 Å². The Balaban J connectivity index is 1.71. The molecule has 1 amide bonds. The van der Waals surface area contributed by atoms with Crippen LogP contribution in [0, 0.1) is 5.92 Å². The summed E-state index contributed by atoms with van der Waals surface area (Å²) in [5.74, 6) is -2.70. The Kier molecular flexibility index (Phi) is 9.21. The van der Waals surface area contributed by atoms with E-state index < -0.39 is 29.5 Å². The minimum Gasteiger partial charge on any atom is -0.481 e. The molecule has 1 aromatic heterocycles. The van der Waals surface area contributed by atoms with Crippen molar-refractivity contribution in [2.45, 2.75) is 31.9 Å². The van der Waals surface area contributed by atoms with E-state index in [1.54, 1.807) is 54.6 Å². The topological polar surface area (TPSA) is 88.4 Å². The molecule has 2 N–H and O–H groups in total. The Labute approximate surface area is 245 Å². The van der Waals surface area contributed by atoms with Gasteiger partial charge in [-0.1, -0.05) is 42.8 Å². The van der Waals surface area contributed by atoms with Gasteiger partial charge in [0.1, 0.15) is 0 Å². The van der Waals surface area contributed by atoms with E-state index in [9.17, 15) is 27.6 Å². The molecule has 2 atom stereocenters. The first-order valence-corrected chi connectivity index (χ1v) is 13.5. The standard InChI is InChI=1S/C32H28ClF3N2O4/c1-3-5-26(19(2)20-8-10-21(11-9-20)31(42)37-15-14-29(39)40)30(41)28-17-22-16-24(33)12-13-27(22)38(28)25-7-4-6-23(18-25)32(34,35)36/h3-4,6-13,16-19,26H,1,5,14-15H2,2H3,(H,37,42)(H,39,40). The van der Waals surface area contributed by atoms with E-state index in [1.165, 1.54) is 16.7 Å². The van der Waals surface area contributed by atoms with Crippen LogP contribution in [0.1, 0.15) is 57.7 Å². The quantitative estimate of drug-likeness (QED) is 0.137. The van der Waals surface area contributed by atoms with Gasteiger partial charge in [0.15, 0.2) is 5.78 Å². The zero-order chi connectivity index (χ0) is 30.6. The van der Waals surface area contributed by atoms with Crippen molar-refractivity contribution < 1.29 is 32.7 Å². The van der Waals surface area contributed by atoms with Crippen molar-refractivity contribution in [3.05, 3.63) is 113 Å². The number of aliphatic carboxylic acids is 1. The molecule has 0 aliphatic rings. The number of hydrogen-bond acceptors (Lipinski definition) is 3. The van der Waals surface area contributed by atoms with Gasteiger partial charge >= 0.3 is 12.1 Å². The third-order valence-electron chi connectivity index (χ3n) is 7.13. The fourth-order valence-electron chi connectivity index (χ4n) is 4.93. The number of Topliss-reactive ketones (excluding diaryl/α,β-unsaturated/α-hetero) is 1. The first kappa shape index (κ1) is 30.6. The Morgan fingerprint density at radius 1 is 1.05 bits per heavy atom. The van der Waals surface area contributed by atoms with Crippen LogP contribution in [-0.2, 0) is 11.0 Å². The Morgan fingerprint density at radius 3 is 2.40 bits per heavy atom. The highest BCUT2D eigenvalue weighted by Gasteiger charge is 2.32. The van der Waals surface area contributed by atoms with Crippen LogP contribution in [0.3, 0.4) is 0 Å². The molecule has 3 aromatic carbocycles. The number of fused-ring (bicyclic) bond motifs is 1. The number of amides is 1. The van der Waals surface area contributed by atoms with Crippen LogP contribution in [-0.4, -0.2) is 33.9 Å². The summed E-state index contributed by atoms with van der Waals surface area (Å²) in [6.45, 7) is 5.66. The van der Waals surface area contributed by atoms with Crippen molar-refractivity contribution >= 4 is 40.2 Å². The summed E-state index contributed by atoms with van der Waals surface area (Å²) in [7, 11) is 0. The Hall–Kier alpha value is -4.37. The molecule has 218 valence electrons. The molecule has 6 nitrogen and oxygen atoms in total. The van der Waals surface area contributed by atoms with E-state index in [2.05, 4.69) is 11.9 Å². The van der Waals surface area contributed by atoms with Crippen molar-refractivity contribution in [3.8, 4) is 5.69 Å². The molecule has 10 heteroatoms. The summed E-state index contributed by atoms with van der Waals surface area (Å²) in [5, 5.41) is 12.3. The van der Waals surface area contributed by atoms with Gasteiger partial charge in [0.2, 0.25) is 0 Å². The highest BCUT2D eigenvalue weighted by Crippen LogP contribution is 2.36. The van der Waals surface area contributed by atoms with Crippen LogP contribution in [0.4, 0.5) is 13.2 Å². The van der Waals surface area contributed by atoms with E-state index in [4.69, 9.17) is 16.7 Å². The third-order valence-corrected chi connectivity index (χ3v) is 7.37. The van der Waals surface area contributed by atoms with Crippen LogP contribution < -0.4 is 5.32 Å². The van der Waals surface area contributed by atoms with E-state index in [0.29, 0.717) is 27.9 Å². The largest absolute Gasteiger partial charge is 0.481 e. The number of carboxylic acid groups (broad SMARTS) is 1. The van der Waals surface area contributed by atoms with E-state index >= 15 is 0 Å². The second-order valence-corrected chi connectivity index (χ2v) is 10.4. The number of carboxylic acids is 1. The third kappa shape index (κ3) is 6.74. The molecule has 4 rings (SSSR count). The number of halogens is 4. The molecule has 42 heavy (non-hydrogen) atoms. The number of alkyl halides is 3. The molecule has 0 saturated heterocycles. The normalized spacial score (nSPS) is 13.0. The van der Waals surface area contributed by atoms with E-state index in [-0.39, 0.29) is 36.0 Å². The highest BCUT2D eigenvalue weighted by molar-refractivity contribution is 6.31. The lowest BCUT2D eigenvalue weighted by Gasteiger charge is -2.23. The number of aromatic nitrogens is 1. The minimum atomic E-state index is -4.56. The number of nitrogens with zero attached hydrogens (tertiary/aromatic N) is 1. The molecule has 2 unspecified atom stereocenters. The fraction of sp³-hybridized carbons (Fsp3) is 0.219. The Morgan fingerprint density at radius 2 is 1.76 bits per heavy atom. The van der Waals surface area contributed by atoms with Crippen molar-refractivity contribution in [3.63, 3.8) is 0 Å². The lowest BCUT2D eigenvalue weighted by atomic mass is 9.81. The predicted octanol–water partition coefficient (Wildman–Crippen LogP) is 7.69. The maximum atomic E-state index is 14.2. The second-order valence-electron chi connectivity index (χ2n) is 9.92. The molecule has 1 heterocycles. The van der Waals surface area contributed by atoms with Crippen molar-refractivity contribution in [2.24, 2.45) is 5.92 Å². The van der Waals surface area contributed by atoms with Gasteiger partial charge in [-0.15, -0.1) is 6.58 Å². The summed E-state index contributed by atoms with van der Waals surface area (Å²) in [5.41, 5.74) is 1.20. The van der Waals surface area contributed by atoms with Gasteiger partial charge in [0, 0.05) is 34.1 Å². The number of rotatable bonds is 11. The first-order valence-electron chi connectivity index (χ1n) is 13.1. The lowest BCUT2D eigenvalue weighted by Crippen LogP contribution is -2.26. The zero-order valence-corrected chi connectivity index (χ0v) is 23.4. The smallest absolute Gasteiger partial charge is 0.416 e. The van der Waals surface area contributed by atoms with Crippen LogP contribution in [0.2, 0.25) is 5.02 Å². The van der Waals surface area contributed by atoms with Gasteiger partial charge in [0.05, 0.1) is 23.2 Å². The molecule has 0 radical (unpaired) electrons. The summed E-state index contributed by atoms with van der Waals surface area (Å²) in [6.07, 6.45) is -2.85. The van der Waals surface area contributed by atoms with Gasteiger partial charge in [-0.3, -0.25) is 14.4 Å². The molecule has 0 aliphatic heterocycles. The monoisotopic (exact) mass is 596 g/mol. The van der Waals surface area contributed by atoms with Crippen molar-refractivity contribution in [1.29, 1.82) is 0 Å². The molecular formula is C32H28ClF3N2O4. The molecule has 0 spiro atoms. The van der Waals surface area contributed by atoms with Crippen LogP contribution in [0.25, 0.3) is 16.6 Å². The molecule has 0 bridgehead atoms. The molecular weight excluding hydrogens is 569 g/mol. The highest BCUT2D eigenvalue weighted by atomic mass is 35.5. The molecule has 0 fully saturated rings. The number of benzene rings is 3. The fourth-order valence-corrected chi connectivity index (χ4v) is 5.11. The Bertz CT molecular complexity index is 1640. The van der Waals surface area contributed by atoms with Crippen molar-refractivity contribution in [1.82, 2.24) is 9.88 Å². The number of carbonyl (C=O) groups excluding carboxylic acids is 2. The molecule has 4 aromatic rings. The SMILES string of the molecule is C=CCC(C(=O)c1cc2cc(Cl)ccc2n1-c1cccc(C(F)(F)F)c1)C(C)c1ccc(C(=O)NCCC(=O)O)cc1. The summed E-state index contributed by atoms with van der Waals surface area (Å²) < 4.78 is 42.3. The summed E-state index contributed by atoms with van der Waals surface area (Å²) in [6, 6.07) is 18.0. The lowest BCUT2D eigenvalue weighted by molar-refractivity contribution is -0.138. The van der Waals surface area contributed by atoms with Gasteiger partial charge in [-0.2, -0.15) is 13.2 Å². The maximum absolute atomic E-state index is 14.2. The number of allylic oxidation sites excluding steroid dienone is 1. The zero-order valence-electron chi connectivity index (χ0n) is 22.6. The maximum Gasteiger partial charge on any atom is 0.416 e. The summed E-state index contributed by atoms with van der Waals surface area (Å²) in [4.78, 5) is 37.2. The summed E-state index contributed by atoms with van der Waals surface area (Å²) >= 11 is 6.20. The number of hydrogen-bond donors (Lipinski definition) is 2. The van der Waals surface area contributed by atoms with Gasteiger partial charge < -0.3 is 15.0 Å². The van der Waals surface area contributed by atoms with E-state index in [1.807, 2.05) is 6.92 Å². The van der Waals surface area contributed by atoms with Crippen LogP contribution in [0.5, 0.6) is 0 Å². The molecule has 0 aliphatic carbocycles. The number of carbonyl (C=O) groups is 3. The molecule has 0 saturated carbocycles. The average molecular weight is 597 g/mol. The minimum absolute atomic E-state index is 0.00662. The first-order chi connectivity index (χ1) is 19.9. The van der Waals surface area contributed by atoms with E-state index in [0.717, 1.165) is 17.7 Å². The number of ketones is 1. The van der Waals surface area contributed by atoms with Crippen molar-refractivity contribution in [2.75, 3.05) is 6.54 Å². The van der Waals surface area contributed by atoms with Gasteiger partial charge in [0.25, 0.3) is 5.91 Å². The van der Waals surface area contributed by atoms with Crippen LogP contribution in [0.15, 0.2) is 85.5 Å². The second kappa shape index (κ2) is 12.7.